The summed E-state index contributed by atoms with van der Waals surface area (Å²) < 4.78 is 43.5. The number of carbonyl (C=O) groups excluding carboxylic acids is 1. The molecule has 118 valence electrons. The number of alkyl halides is 3. The van der Waals surface area contributed by atoms with Crippen molar-refractivity contribution >= 4 is 11.4 Å². The van der Waals surface area contributed by atoms with Crippen molar-refractivity contribution in [2.24, 2.45) is 5.73 Å². The first-order valence-corrected chi connectivity index (χ1v) is 6.86. The van der Waals surface area contributed by atoms with Crippen LogP contribution in [0.15, 0.2) is 41.8 Å². The molecule has 3 nitrogen and oxygen atoms in total. The highest BCUT2D eigenvalue weighted by atomic mass is 19.4. The van der Waals surface area contributed by atoms with Crippen LogP contribution in [-0.4, -0.2) is 12.4 Å². The van der Waals surface area contributed by atoms with Crippen molar-refractivity contribution in [3.05, 3.63) is 52.9 Å². The van der Waals surface area contributed by atoms with Gasteiger partial charge in [0.05, 0.1) is 18.4 Å². The standard InChI is InChI=1S/C16H16F3NO2/c1-2-6-22-9-11-8-13(20)14(15(11)21)10-4-3-5-12(7-10)16(17,18)19/h3-5,7,9H,2,6,8,20H2,1H3. The van der Waals surface area contributed by atoms with Gasteiger partial charge in [-0.25, -0.2) is 0 Å². The zero-order chi connectivity index (χ0) is 16.3. The average molecular weight is 311 g/mol. The van der Waals surface area contributed by atoms with Crippen LogP contribution in [0.3, 0.4) is 0 Å². The summed E-state index contributed by atoms with van der Waals surface area (Å²) in [5.41, 5.74) is 5.95. The number of Topliss-reactive ketones (excluding diaryl/α,β-unsaturated/α-hetero) is 1. The van der Waals surface area contributed by atoms with Gasteiger partial charge in [0.2, 0.25) is 0 Å². The van der Waals surface area contributed by atoms with E-state index in [2.05, 4.69) is 0 Å². The van der Waals surface area contributed by atoms with Crippen LogP contribution in [-0.2, 0) is 15.7 Å². The molecule has 0 heterocycles. The molecule has 6 heteroatoms. The van der Waals surface area contributed by atoms with E-state index in [1.165, 1.54) is 18.4 Å². The lowest BCUT2D eigenvalue weighted by atomic mass is 10.0. The molecule has 0 unspecified atom stereocenters. The van der Waals surface area contributed by atoms with Gasteiger partial charge in [-0.2, -0.15) is 13.2 Å². The molecule has 1 aromatic rings. The monoisotopic (exact) mass is 311 g/mol. The number of allylic oxidation sites excluding steroid dienone is 2. The van der Waals surface area contributed by atoms with Crippen molar-refractivity contribution in [3.63, 3.8) is 0 Å². The molecular formula is C16H16F3NO2. The van der Waals surface area contributed by atoms with Crippen LogP contribution >= 0.6 is 0 Å². The van der Waals surface area contributed by atoms with Crippen LogP contribution in [0.1, 0.15) is 30.9 Å². The Balaban J connectivity index is 2.31. The van der Waals surface area contributed by atoms with Gasteiger partial charge in [0, 0.05) is 23.3 Å². The Hall–Kier alpha value is -2.24. The first-order valence-electron chi connectivity index (χ1n) is 6.86. The Kier molecular flexibility index (Phi) is 4.59. The Bertz CT molecular complexity index is 645. The van der Waals surface area contributed by atoms with Gasteiger partial charge in [-0.1, -0.05) is 19.1 Å². The average Bonchev–Trinajstić information content (AvgIpc) is 2.73. The minimum atomic E-state index is -4.46. The summed E-state index contributed by atoms with van der Waals surface area (Å²) in [6.45, 7) is 2.39. The zero-order valence-electron chi connectivity index (χ0n) is 12.0. The van der Waals surface area contributed by atoms with Gasteiger partial charge >= 0.3 is 6.18 Å². The Morgan fingerprint density at radius 2 is 2.09 bits per heavy atom. The highest BCUT2D eigenvalue weighted by molar-refractivity contribution is 6.32. The molecule has 0 radical (unpaired) electrons. The Morgan fingerprint density at radius 1 is 1.36 bits per heavy atom. The Labute approximate surface area is 126 Å². The van der Waals surface area contributed by atoms with E-state index in [1.807, 2.05) is 6.92 Å². The molecule has 0 saturated carbocycles. The fourth-order valence-electron chi connectivity index (χ4n) is 2.22. The zero-order valence-corrected chi connectivity index (χ0v) is 12.0. The first kappa shape index (κ1) is 16.1. The van der Waals surface area contributed by atoms with Gasteiger partial charge in [-0.3, -0.25) is 4.79 Å². The molecule has 0 aliphatic heterocycles. The second kappa shape index (κ2) is 6.25. The fraction of sp³-hybridized carbons (Fsp3) is 0.312. The van der Waals surface area contributed by atoms with Gasteiger partial charge < -0.3 is 10.5 Å². The lowest BCUT2D eigenvalue weighted by molar-refractivity contribution is -0.137. The molecule has 2 N–H and O–H groups in total. The SMILES string of the molecule is CCCOC=C1CC(N)=C(c2cccc(C(F)(F)F)c2)C1=O. The molecule has 0 aromatic heterocycles. The van der Waals surface area contributed by atoms with E-state index >= 15 is 0 Å². The molecule has 0 bridgehead atoms. The molecule has 22 heavy (non-hydrogen) atoms. The topological polar surface area (TPSA) is 52.3 Å². The highest BCUT2D eigenvalue weighted by Gasteiger charge is 2.33. The van der Waals surface area contributed by atoms with E-state index in [0.717, 1.165) is 18.6 Å². The second-order valence-corrected chi connectivity index (χ2v) is 5.00. The van der Waals surface area contributed by atoms with Gasteiger partial charge in [-0.15, -0.1) is 0 Å². The molecule has 0 spiro atoms. The molecule has 2 rings (SSSR count). The van der Waals surface area contributed by atoms with Gasteiger partial charge in [0.15, 0.2) is 5.78 Å². The first-order chi connectivity index (χ1) is 10.3. The smallest absolute Gasteiger partial charge is 0.416 e. The summed E-state index contributed by atoms with van der Waals surface area (Å²) >= 11 is 0. The summed E-state index contributed by atoms with van der Waals surface area (Å²) in [7, 11) is 0. The molecule has 0 saturated heterocycles. The van der Waals surface area contributed by atoms with Gasteiger partial charge in [0.25, 0.3) is 0 Å². The predicted molar refractivity (Wildman–Crippen MR) is 76.5 cm³/mol. The van der Waals surface area contributed by atoms with Gasteiger partial charge in [0.1, 0.15) is 0 Å². The van der Waals surface area contributed by atoms with Crippen LogP contribution in [0.4, 0.5) is 13.2 Å². The number of nitrogens with two attached hydrogens (primary N) is 1. The number of ketones is 1. The van der Waals surface area contributed by atoms with E-state index in [4.69, 9.17) is 10.5 Å². The molecule has 1 aromatic carbocycles. The highest BCUT2D eigenvalue weighted by Crippen LogP contribution is 2.35. The summed E-state index contributed by atoms with van der Waals surface area (Å²) in [5.74, 6) is -0.382. The molecule has 1 aliphatic carbocycles. The van der Waals surface area contributed by atoms with E-state index in [1.54, 1.807) is 0 Å². The number of hydrogen-bond acceptors (Lipinski definition) is 3. The third-order valence-electron chi connectivity index (χ3n) is 3.25. The minimum Gasteiger partial charge on any atom is -0.501 e. The molecule has 0 amide bonds. The number of carbonyl (C=O) groups is 1. The number of halogens is 3. The normalized spacial score (nSPS) is 17.5. The molecule has 1 aliphatic rings. The van der Waals surface area contributed by atoms with E-state index in [-0.39, 0.29) is 29.0 Å². The minimum absolute atomic E-state index is 0.123. The van der Waals surface area contributed by atoms with Crippen molar-refractivity contribution in [1.82, 2.24) is 0 Å². The summed E-state index contributed by atoms with van der Waals surface area (Å²) in [6.07, 6.45) is -2.13. The lowest BCUT2D eigenvalue weighted by Crippen LogP contribution is -2.07. The lowest BCUT2D eigenvalue weighted by Gasteiger charge is -2.09. The Morgan fingerprint density at radius 3 is 2.73 bits per heavy atom. The van der Waals surface area contributed by atoms with Crippen molar-refractivity contribution in [2.45, 2.75) is 25.9 Å². The van der Waals surface area contributed by atoms with Crippen LogP contribution in [0, 0.1) is 0 Å². The van der Waals surface area contributed by atoms with E-state index < -0.39 is 11.7 Å². The number of benzene rings is 1. The number of rotatable bonds is 4. The summed E-state index contributed by atoms with van der Waals surface area (Å²) in [6, 6.07) is 4.61. The quantitative estimate of drug-likeness (QED) is 0.524. The van der Waals surface area contributed by atoms with Crippen LogP contribution < -0.4 is 5.73 Å². The van der Waals surface area contributed by atoms with Crippen molar-refractivity contribution < 1.29 is 22.7 Å². The molecular weight excluding hydrogens is 295 g/mol. The fourth-order valence-corrected chi connectivity index (χ4v) is 2.22. The van der Waals surface area contributed by atoms with Crippen molar-refractivity contribution in [2.75, 3.05) is 6.61 Å². The maximum absolute atomic E-state index is 12.8. The van der Waals surface area contributed by atoms with Crippen LogP contribution in [0.2, 0.25) is 0 Å². The van der Waals surface area contributed by atoms with Crippen LogP contribution in [0.25, 0.3) is 5.57 Å². The van der Waals surface area contributed by atoms with E-state index in [0.29, 0.717) is 12.2 Å². The van der Waals surface area contributed by atoms with Crippen molar-refractivity contribution in [1.29, 1.82) is 0 Å². The third-order valence-corrected chi connectivity index (χ3v) is 3.25. The van der Waals surface area contributed by atoms with E-state index in [9.17, 15) is 18.0 Å². The number of ether oxygens (including phenoxy) is 1. The maximum Gasteiger partial charge on any atom is 0.416 e. The summed E-state index contributed by atoms with van der Waals surface area (Å²) in [5, 5.41) is 0. The van der Waals surface area contributed by atoms with Crippen LogP contribution in [0.5, 0.6) is 0 Å². The predicted octanol–water partition coefficient (Wildman–Crippen LogP) is 3.66. The number of hydrogen-bond donors (Lipinski definition) is 1. The summed E-state index contributed by atoms with van der Waals surface area (Å²) in [4.78, 5) is 12.3. The third kappa shape index (κ3) is 3.32. The maximum atomic E-state index is 12.8. The second-order valence-electron chi connectivity index (χ2n) is 5.00. The molecule has 0 atom stereocenters. The largest absolute Gasteiger partial charge is 0.501 e. The molecule has 0 fully saturated rings. The van der Waals surface area contributed by atoms with Crippen molar-refractivity contribution in [3.8, 4) is 0 Å². The van der Waals surface area contributed by atoms with Gasteiger partial charge in [-0.05, 0) is 24.1 Å².